The Morgan fingerprint density at radius 1 is 1.08 bits per heavy atom. The molecule has 198 valence electrons. The fourth-order valence-corrected chi connectivity index (χ4v) is 5.47. The molecule has 3 heterocycles. The Morgan fingerprint density at radius 2 is 1.79 bits per heavy atom. The van der Waals surface area contributed by atoms with Crippen LogP contribution < -0.4 is 4.72 Å². The lowest BCUT2D eigenvalue weighted by Gasteiger charge is -2.37. The van der Waals surface area contributed by atoms with Crippen LogP contribution >= 0.6 is 0 Å². The molecule has 8 nitrogen and oxygen atoms in total. The lowest BCUT2D eigenvalue weighted by atomic mass is 9.69. The van der Waals surface area contributed by atoms with Gasteiger partial charge in [-0.15, -0.1) is 5.10 Å². The van der Waals surface area contributed by atoms with Crippen LogP contribution in [0.3, 0.4) is 0 Å². The van der Waals surface area contributed by atoms with Crippen molar-refractivity contribution in [3.05, 3.63) is 88.9 Å². The summed E-state index contributed by atoms with van der Waals surface area (Å²) in [6, 6.07) is 14.4. The van der Waals surface area contributed by atoms with Crippen LogP contribution in [0, 0.1) is 23.0 Å². The van der Waals surface area contributed by atoms with Crippen LogP contribution in [0.4, 0.5) is 14.6 Å². The number of aromatic nitrogens is 4. The number of sulfonamides is 1. The van der Waals surface area contributed by atoms with E-state index in [1.807, 2.05) is 32.0 Å². The molecular formula is C28H24F2N6O2S. The minimum atomic E-state index is -3.61. The zero-order valence-corrected chi connectivity index (χ0v) is 22.2. The van der Waals surface area contributed by atoms with E-state index in [1.54, 1.807) is 12.1 Å². The van der Waals surface area contributed by atoms with Gasteiger partial charge in [0, 0.05) is 11.8 Å². The third-order valence-electron chi connectivity index (χ3n) is 7.07. The lowest BCUT2D eigenvalue weighted by molar-refractivity contribution is 0.405. The molecule has 1 aliphatic carbocycles. The van der Waals surface area contributed by atoms with Crippen LogP contribution in [0.25, 0.3) is 22.5 Å². The molecule has 3 aromatic heterocycles. The quantitative estimate of drug-likeness (QED) is 0.359. The normalized spacial score (nSPS) is 18.7. The maximum Gasteiger partial charge on any atom is 0.231 e. The Balaban J connectivity index is 1.57. The average molecular weight is 547 g/mol. The first-order valence-electron chi connectivity index (χ1n) is 12.2. The highest BCUT2D eigenvalue weighted by atomic mass is 32.2. The summed E-state index contributed by atoms with van der Waals surface area (Å²) >= 11 is 0. The fourth-order valence-electron chi connectivity index (χ4n) is 4.95. The van der Waals surface area contributed by atoms with E-state index in [2.05, 4.69) is 19.9 Å². The number of nitriles is 1. The monoisotopic (exact) mass is 546 g/mol. The van der Waals surface area contributed by atoms with E-state index < -0.39 is 27.1 Å². The molecule has 0 amide bonds. The van der Waals surface area contributed by atoms with Gasteiger partial charge in [-0.3, -0.25) is 9.71 Å². The van der Waals surface area contributed by atoms with E-state index in [0.29, 0.717) is 22.6 Å². The number of hydrogen-bond acceptors (Lipinski definition) is 7. The fraction of sp³-hybridized carbons (Fsp3) is 0.250. The van der Waals surface area contributed by atoms with Crippen LogP contribution in [0.5, 0.6) is 0 Å². The summed E-state index contributed by atoms with van der Waals surface area (Å²) in [6.07, 6.45) is 3.96. The van der Waals surface area contributed by atoms with Gasteiger partial charge in [-0.25, -0.2) is 22.2 Å². The molecule has 2 atom stereocenters. The van der Waals surface area contributed by atoms with E-state index in [1.165, 1.54) is 30.5 Å². The van der Waals surface area contributed by atoms with Crippen molar-refractivity contribution in [3.63, 3.8) is 0 Å². The van der Waals surface area contributed by atoms with Crippen molar-refractivity contribution >= 4 is 15.8 Å². The molecule has 0 unspecified atom stereocenters. The van der Waals surface area contributed by atoms with Crippen LogP contribution in [0.2, 0.25) is 0 Å². The number of rotatable bonds is 5. The minimum absolute atomic E-state index is 0.0561. The van der Waals surface area contributed by atoms with E-state index in [0.717, 1.165) is 24.7 Å². The lowest BCUT2D eigenvalue weighted by Crippen LogP contribution is -2.33. The second kappa shape index (κ2) is 9.78. The highest BCUT2D eigenvalue weighted by Crippen LogP contribution is 2.46. The number of nitrogens with one attached hydrogen (secondary N) is 1. The number of halogens is 2. The van der Waals surface area contributed by atoms with Gasteiger partial charge in [0.1, 0.15) is 17.7 Å². The van der Waals surface area contributed by atoms with Gasteiger partial charge in [0.15, 0.2) is 5.82 Å². The number of fused-ring (bicyclic) bond motifs is 1. The molecular weight excluding hydrogens is 522 g/mol. The Bertz CT molecular complexity index is 1740. The first kappa shape index (κ1) is 26.3. The van der Waals surface area contributed by atoms with Gasteiger partial charge in [-0.1, -0.05) is 19.1 Å². The summed E-state index contributed by atoms with van der Waals surface area (Å²) in [7, 11) is -3.61. The highest BCUT2D eigenvalue weighted by molar-refractivity contribution is 7.92. The van der Waals surface area contributed by atoms with Gasteiger partial charge in [0.25, 0.3) is 0 Å². The van der Waals surface area contributed by atoms with Gasteiger partial charge in [0.05, 0.1) is 45.6 Å². The first-order valence-corrected chi connectivity index (χ1v) is 14.1. The van der Waals surface area contributed by atoms with Crippen molar-refractivity contribution < 1.29 is 17.2 Å². The zero-order valence-electron chi connectivity index (χ0n) is 21.4. The maximum atomic E-state index is 14.5. The predicted octanol–water partition coefficient (Wildman–Crippen LogP) is 5.33. The average Bonchev–Trinajstić information content (AvgIpc) is 2.90. The van der Waals surface area contributed by atoms with Gasteiger partial charge < -0.3 is 0 Å². The minimum Gasteiger partial charge on any atom is -0.266 e. The Hall–Kier alpha value is -4.30. The molecule has 39 heavy (non-hydrogen) atoms. The van der Waals surface area contributed by atoms with Crippen molar-refractivity contribution in [3.8, 4) is 28.6 Å². The summed E-state index contributed by atoms with van der Waals surface area (Å²) in [5.41, 5.74) is 2.69. The highest BCUT2D eigenvalue weighted by Gasteiger charge is 2.40. The van der Waals surface area contributed by atoms with Gasteiger partial charge >= 0.3 is 0 Å². The number of nitrogens with zero attached hydrogens (tertiary/aromatic N) is 5. The van der Waals surface area contributed by atoms with Gasteiger partial charge in [0.2, 0.25) is 10.0 Å². The van der Waals surface area contributed by atoms with E-state index in [4.69, 9.17) is 4.98 Å². The molecule has 0 bridgehead atoms. The van der Waals surface area contributed by atoms with Gasteiger partial charge in [-0.2, -0.15) is 10.4 Å². The van der Waals surface area contributed by atoms with Crippen molar-refractivity contribution in [1.29, 1.82) is 5.26 Å². The molecule has 1 aromatic carbocycles. The Labute approximate surface area is 224 Å². The zero-order chi connectivity index (χ0) is 27.9. The summed E-state index contributed by atoms with van der Waals surface area (Å²) in [5, 5.41) is 18.3. The Kier molecular flexibility index (Phi) is 6.60. The number of benzene rings is 1. The van der Waals surface area contributed by atoms with Crippen molar-refractivity contribution in [1.82, 2.24) is 20.2 Å². The third kappa shape index (κ3) is 4.95. The predicted molar refractivity (Wildman–Crippen MR) is 142 cm³/mol. The molecule has 1 aliphatic rings. The summed E-state index contributed by atoms with van der Waals surface area (Å²) in [4.78, 5) is 9.01. The molecule has 0 saturated heterocycles. The second-order valence-corrected chi connectivity index (χ2v) is 11.7. The molecule has 1 N–H and O–H groups in total. The summed E-state index contributed by atoms with van der Waals surface area (Å²) in [5.74, 6) is -1.36. The van der Waals surface area contributed by atoms with Crippen LogP contribution in [-0.2, 0) is 15.4 Å². The van der Waals surface area contributed by atoms with E-state index in [-0.39, 0.29) is 28.6 Å². The molecule has 5 rings (SSSR count). The molecule has 11 heteroatoms. The molecule has 0 aliphatic heterocycles. The van der Waals surface area contributed by atoms with Gasteiger partial charge in [-0.05, 0) is 67.6 Å². The van der Waals surface area contributed by atoms with Crippen molar-refractivity contribution in [2.24, 2.45) is 0 Å². The van der Waals surface area contributed by atoms with Crippen LogP contribution in [0.1, 0.15) is 55.1 Å². The summed E-state index contributed by atoms with van der Waals surface area (Å²) in [6.45, 7) is 4.06. The van der Waals surface area contributed by atoms with E-state index in [9.17, 15) is 22.5 Å². The van der Waals surface area contributed by atoms with Crippen molar-refractivity contribution in [2.75, 3.05) is 11.0 Å². The van der Waals surface area contributed by atoms with Crippen LogP contribution in [-0.4, -0.2) is 34.8 Å². The van der Waals surface area contributed by atoms with Crippen LogP contribution in [0.15, 0.2) is 54.7 Å². The van der Waals surface area contributed by atoms with E-state index >= 15 is 0 Å². The number of pyridine rings is 2. The molecule has 0 spiro atoms. The Morgan fingerprint density at radius 3 is 2.49 bits per heavy atom. The second-order valence-electron chi connectivity index (χ2n) is 9.92. The summed E-state index contributed by atoms with van der Waals surface area (Å²) < 4.78 is 54.4. The molecule has 0 saturated carbocycles. The topological polar surface area (TPSA) is 122 Å². The van der Waals surface area contributed by atoms with Crippen molar-refractivity contribution in [2.45, 2.75) is 38.0 Å². The standard InChI is InChI=1S/C28H24F2N6O2S/c1-16-10-11-28(2,26-19(16)13-23(34-35-26)25-20(29)6-4-7-21(25)30)24-9-5-8-22(33-24)18-12-17(14-31)27(32-15-18)36-39(3,37)38/h4-9,12-13,15-16H,10-11H2,1-3H3,(H,32,36)/t16-,28+/m0/s1. The smallest absolute Gasteiger partial charge is 0.231 e. The molecule has 0 radical (unpaired) electrons. The molecule has 0 fully saturated rings. The third-order valence-corrected chi connectivity index (χ3v) is 7.64. The SMILES string of the molecule is C[C@H]1CC[C@](C)(c2cccc(-c3cnc(NS(C)(=O)=O)c(C#N)c3)n2)c2nnc(-c3c(F)cccc3F)cc21. The first-order chi connectivity index (χ1) is 18.5. The number of anilines is 1. The molecule has 4 aromatic rings. The largest absolute Gasteiger partial charge is 0.266 e. The number of hydrogen-bond donors (Lipinski definition) is 1. The maximum absolute atomic E-state index is 14.5.